The van der Waals surface area contributed by atoms with Crippen LogP contribution in [0.2, 0.25) is 0 Å². The van der Waals surface area contributed by atoms with Crippen molar-refractivity contribution in [2.45, 2.75) is 4.90 Å². The van der Waals surface area contributed by atoms with Gasteiger partial charge in [0.25, 0.3) is 10.0 Å². The van der Waals surface area contributed by atoms with Gasteiger partial charge < -0.3 is 19.5 Å². The van der Waals surface area contributed by atoms with Crippen molar-refractivity contribution in [2.75, 3.05) is 36.5 Å². The lowest BCUT2D eigenvalue weighted by Gasteiger charge is -2.25. The van der Waals surface area contributed by atoms with Gasteiger partial charge in [0.1, 0.15) is 25.6 Å². The lowest BCUT2D eigenvalue weighted by molar-refractivity contribution is -0.114. The summed E-state index contributed by atoms with van der Waals surface area (Å²) >= 11 is 0. The number of ether oxygens (including phenoxy) is 3. The Balaban J connectivity index is 1.61. The molecule has 0 saturated heterocycles. The fourth-order valence-corrected chi connectivity index (χ4v) is 4.81. The largest absolute Gasteiger partial charge is 0.486 e. The van der Waals surface area contributed by atoms with E-state index in [1.54, 1.807) is 0 Å². The molecule has 0 aromatic heterocycles. The van der Waals surface area contributed by atoms with E-state index in [1.807, 2.05) is 0 Å². The standard InChI is InChI=1S/C24H21FN2O7S/c1-32-24(29)16-2-6-18(7-3-16)26-23(28)15-27(19-8-4-17(25)5-9-19)35(30,31)20-10-11-21-22(14-20)34-13-12-33-21/h2-11,14H,12-13,15H2,1H3,(H,26,28). The van der Waals surface area contributed by atoms with Crippen LogP contribution in [0, 0.1) is 5.82 Å². The van der Waals surface area contributed by atoms with E-state index >= 15 is 0 Å². The number of halogens is 1. The van der Waals surface area contributed by atoms with Gasteiger partial charge in [-0.3, -0.25) is 9.10 Å². The van der Waals surface area contributed by atoms with Crippen LogP contribution in [0.1, 0.15) is 10.4 Å². The molecule has 1 heterocycles. The quantitative estimate of drug-likeness (QED) is 0.496. The predicted molar refractivity (Wildman–Crippen MR) is 125 cm³/mol. The molecule has 1 aliphatic rings. The molecule has 0 unspecified atom stereocenters. The lowest BCUT2D eigenvalue weighted by Crippen LogP contribution is -2.38. The molecule has 3 aromatic rings. The highest BCUT2D eigenvalue weighted by molar-refractivity contribution is 7.92. The maximum atomic E-state index is 13.5. The molecule has 3 aromatic carbocycles. The minimum Gasteiger partial charge on any atom is -0.486 e. The highest BCUT2D eigenvalue weighted by Gasteiger charge is 2.29. The monoisotopic (exact) mass is 500 g/mol. The molecule has 4 rings (SSSR count). The number of amides is 1. The number of nitrogens with zero attached hydrogens (tertiary/aromatic N) is 1. The first kappa shape index (κ1) is 24.0. The average molecular weight is 501 g/mol. The minimum absolute atomic E-state index is 0.0949. The van der Waals surface area contributed by atoms with Crippen LogP contribution in [-0.2, 0) is 19.6 Å². The lowest BCUT2D eigenvalue weighted by atomic mass is 10.2. The van der Waals surface area contributed by atoms with E-state index in [2.05, 4.69) is 10.1 Å². The number of carbonyl (C=O) groups is 2. The fraction of sp³-hybridized carbons (Fsp3) is 0.167. The first-order valence-corrected chi connectivity index (χ1v) is 11.9. The molecule has 182 valence electrons. The summed E-state index contributed by atoms with van der Waals surface area (Å²) in [5.41, 5.74) is 0.732. The number of sulfonamides is 1. The molecule has 11 heteroatoms. The zero-order valence-corrected chi connectivity index (χ0v) is 19.4. The maximum absolute atomic E-state index is 13.5. The number of hydrogen-bond acceptors (Lipinski definition) is 7. The van der Waals surface area contributed by atoms with Crippen LogP contribution < -0.4 is 19.1 Å². The second-order valence-electron chi connectivity index (χ2n) is 7.41. The number of rotatable bonds is 7. The third-order valence-corrected chi connectivity index (χ3v) is 6.86. The van der Waals surface area contributed by atoms with Gasteiger partial charge in [-0.05, 0) is 60.7 Å². The van der Waals surface area contributed by atoms with Gasteiger partial charge in [0.05, 0.1) is 23.3 Å². The Labute approximate surface area is 201 Å². The number of nitrogens with one attached hydrogen (secondary N) is 1. The summed E-state index contributed by atoms with van der Waals surface area (Å²) in [7, 11) is -3.00. The van der Waals surface area contributed by atoms with Gasteiger partial charge >= 0.3 is 5.97 Å². The molecular weight excluding hydrogens is 479 g/mol. The van der Waals surface area contributed by atoms with E-state index in [-0.39, 0.29) is 22.9 Å². The Kier molecular flexibility index (Phi) is 6.87. The first-order valence-electron chi connectivity index (χ1n) is 10.4. The number of methoxy groups -OCH3 is 1. The topological polar surface area (TPSA) is 111 Å². The van der Waals surface area contributed by atoms with E-state index in [0.29, 0.717) is 23.6 Å². The Morgan fingerprint density at radius 3 is 2.29 bits per heavy atom. The molecular formula is C24H21FN2O7S. The van der Waals surface area contributed by atoms with Gasteiger partial charge in [0.15, 0.2) is 11.5 Å². The normalized spacial score (nSPS) is 12.5. The molecule has 0 fully saturated rings. The number of esters is 1. The van der Waals surface area contributed by atoms with Crippen molar-refractivity contribution in [2.24, 2.45) is 0 Å². The average Bonchev–Trinajstić information content (AvgIpc) is 2.87. The summed E-state index contributed by atoms with van der Waals surface area (Å²) in [6, 6.07) is 14.8. The van der Waals surface area contributed by atoms with E-state index < -0.39 is 34.3 Å². The fourth-order valence-electron chi connectivity index (χ4n) is 3.37. The summed E-state index contributed by atoms with van der Waals surface area (Å²) in [4.78, 5) is 24.3. The van der Waals surface area contributed by atoms with Gasteiger partial charge in [-0.25, -0.2) is 17.6 Å². The number of fused-ring (bicyclic) bond motifs is 1. The second-order valence-corrected chi connectivity index (χ2v) is 9.27. The Bertz CT molecular complexity index is 1340. The summed E-state index contributed by atoms with van der Waals surface area (Å²) in [5, 5.41) is 2.60. The molecule has 0 spiro atoms. The number of anilines is 2. The van der Waals surface area contributed by atoms with Crippen LogP contribution in [0.15, 0.2) is 71.6 Å². The predicted octanol–water partition coefficient (Wildman–Crippen LogP) is 3.22. The van der Waals surface area contributed by atoms with Gasteiger partial charge in [0.2, 0.25) is 5.91 Å². The molecule has 1 amide bonds. The molecule has 0 atom stereocenters. The molecule has 1 N–H and O–H groups in total. The zero-order valence-electron chi connectivity index (χ0n) is 18.6. The Morgan fingerprint density at radius 2 is 1.63 bits per heavy atom. The van der Waals surface area contributed by atoms with Crippen molar-refractivity contribution in [3.8, 4) is 11.5 Å². The zero-order chi connectivity index (χ0) is 25.0. The smallest absolute Gasteiger partial charge is 0.337 e. The molecule has 1 aliphatic heterocycles. The van der Waals surface area contributed by atoms with Crippen molar-refractivity contribution in [3.63, 3.8) is 0 Å². The van der Waals surface area contributed by atoms with E-state index in [1.165, 1.54) is 61.7 Å². The number of hydrogen-bond donors (Lipinski definition) is 1. The SMILES string of the molecule is COC(=O)c1ccc(NC(=O)CN(c2ccc(F)cc2)S(=O)(=O)c2ccc3c(c2)OCCO3)cc1. The van der Waals surface area contributed by atoms with Gasteiger partial charge in [-0.15, -0.1) is 0 Å². The van der Waals surface area contributed by atoms with Gasteiger partial charge in [0, 0.05) is 11.8 Å². The van der Waals surface area contributed by atoms with Crippen LogP contribution in [0.5, 0.6) is 11.5 Å². The molecule has 9 nitrogen and oxygen atoms in total. The Morgan fingerprint density at radius 1 is 0.971 bits per heavy atom. The second kappa shape index (κ2) is 10.0. The summed E-state index contributed by atoms with van der Waals surface area (Å²) in [5.74, 6) is -1.05. The summed E-state index contributed by atoms with van der Waals surface area (Å²) in [6.45, 7) is 0.0259. The van der Waals surface area contributed by atoms with Crippen molar-refractivity contribution in [1.82, 2.24) is 0 Å². The highest BCUT2D eigenvalue weighted by Crippen LogP contribution is 2.34. The summed E-state index contributed by atoms with van der Waals surface area (Å²) in [6.07, 6.45) is 0. The van der Waals surface area contributed by atoms with Crippen LogP contribution in [-0.4, -0.2) is 47.2 Å². The number of carbonyl (C=O) groups excluding carboxylic acids is 2. The van der Waals surface area contributed by atoms with E-state index in [4.69, 9.17) is 9.47 Å². The Hall–Kier alpha value is -4.12. The van der Waals surface area contributed by atoms with Crippen LogP contribution in [0.25, 0.3) is 0 Å². The molecule has 0 aliphatic carbocycles. The van der Waals surface area contributed by atoms with Crippen LogP contribution in [0.4, 0.5) is 15.8 Å². The van der Waals surface area contributed by atoms with Crippen LogP contribution >= 0.6 is 0 Å². The minimum atomic E-state index is -4.26. The van der Waals surface area contributed by atoms with Gasteiger partial charge in [-0.2, -0.15) is 0 Å². The van der Waals surface area contributed by atoms with Crippen molar-refractivity contribution in [1.29, 1.82) is 0 Å². The molecule has 0 saturated carbocycles. The third kappa shape index (κ3) is 5.35. The van der Waals surface area contributed by atoms with Crippen molar-refractivity contribution >= 4 is 33.3 Å². The van der Waals surface area contributed by atoms with Gasteiger partial charge in [-0.1, -0.05) is 0 Å². The number of benzene rings is 3. The molecule has 0 bridgehead atoms. The van der Waals surface area contributed by atoms with Crippen LogP contribution in [0.3, 0.4) is 0 Å². The first-order chi connectivity index (χ1) is 16.8. The van der Waals surface area contributed by atoms with E-state index in [9.17, 15) is 22.4 Å². The third-order valence-electron chi connectivity index (χ3n) is 5.09. The van der Waals surface area contributed by atoms with Crippen molar-refractivity contribution in [3.05, 3.63) is 78.1 Å². The summed E-state index contributed by atoms with van der Waals surface area (Å²) < 4.78 is 57.0. The molecule has 35 heavy (non-hydrogen) atoms. The van der Waals surface area contributed by atoms with Crippen molar-refractivity contribution < 1.29 is 36.6 Å². The molecule has 0 radical (unpaired) electrons. The highest BCUT2D eigenvalue weighted by atomic mass is 32.2. The van der Waals surface area contributed by atoms with E-state index in [0.717, 1.165) is 16.4 Å². The maximum Gasteiger partial charge on any atom is 0.337 e.